The Morgan fingerprint density at radius 1 is 1.25 bits per heavy atom. The minimum Gasteiger partial charge on any atom is -0.399 e. The van der Waals surface area contributed by atoms with E-state index in [0.717, 1.165) is 0 Å². The highest BCUT2D eigenvalue weighted by atomic mass is 19.1. The normalized spacial score (nSPS) is 10.4. The molecule has 0 atom stereocenters. The summed E-state index contributed by atoms with van der Waals surface area (Å²) in [5.41, 5.74) is 6.51. The monoisotopic (exact) mass is 218 g/mol. The van der Waals surface area contributed by atoms with Crippen molar-refractivity contribution in [1.82, 2.24) is 4.57 Å². The highest BCUT2D eigenvalue weighted by molar-refractivity contribution is 5.64. The minimum absolute atomic E-state index is 0.252. The van der Waals surface area contributed by atoms with Crippen molar-refractivity contribution in [3.63, 3.8) is 0 Å². The molecular weight excluding hydrogens is 207 g/mol. The Bertz CT molecular complexity index is 590. The molecule has 0 bridgehead atoms. The van der Waals surface area contributed by atoms with Gasteiger partial charge in [-0.1, -0.05) is 12.1 Å². The van der Waals surface area contributed by atoms with Crippen LogP contribution in [0.5, 0.6) is 0 Å². The largest absolute Gasteiger partial charge is 0.399 e. The van der Waals surface area contributed by atoms with E-state index in [1.807, 2.05) is 0 Å². The average Bonchev–Trinajstić information content (AvgIpc) is 2.24. The summed E-state index contributed by atoms with van der Waals surface area (Å²) in [5.74, 6) is -0.372. The zero-order valence-electron chi connectivity index (χ0n) is 8.77. The third kappa shape index (κ3) is 1.69. The number of pyridine rings is 1. The van der Waals surface area contributed by atoms with Gasteiger partial charge in [0.2, 0.25) is 0 Å². The Hall–Kier alpha value is -2.10. The van der Waals surface area contributed by atoms with E-state index in [4.69, 9.17) is 5.73 Å². The quantitative estimate of drug-likeness (QED) is 0.793. The maximum absolute atomic E-state index is 13.6. The number of rotatable bonds is 1. The summed E-state index contributed by atoms with van der Waals surface area (Å²) in [6.07, 6.45) is 0. The second kappa shape index (κ2) is 3.81. The molecule has 0 aliphatic heterocycles. The van der Waals surface area contributed by atoms with Crippen LogP contribution < -0.4 is 11.3 Å². The molecule has 0 saturated carbocycles. The standard InChI is InChI=1S/C12H11FN2O/c1-15-11(6-8(14)7-12(15)16)9-4-2-3-5-10(9)13/h2-7H,14H2,1H3. The summed E-state index contributed by atoms with van der Waals surface area (Å²) in [5, 5.41) is 0. The number of hydrogen-bond donors (Lipinski definition) is 1. The van der Waals surface area contributed by atoms with E-state index < -0.39 is 0 Å². The maximum atomic E-state index is 13.6. The van der Waals surface area contributed by atoms with Crippen molar-refractivity contribution in [3.05, 3.63) is 52.6 Å². The maximum Gasteiger partial charge on any atom is 0.252 e. The van der Waals surface area contributed by atoms with Gasteiger partial charge in [-0.2, -0.15) is 0 Å². The molecule has 2 aromatic rings. The second-order valence-electron chi connectivity index (χ2n) is 3.55. The van der Waals surface area contributed by atoms with Crippen LogP contribution in [0, 0.1) is 5.82 Å². The van der Waals surface area contributed by atoms with Crippen LogP contribution in [0.15, 0.2) is 41.2 Å². The van der Waals surface area contributed by atoms with Crippen molar-refractivity contribution >= 4 is 5.69 Å². The van der Waals surface area contributed by atoms with E-state index in [2.05, 4.69) is 0 Å². The number of aromatic nitrogens is 1. The third-order valence-electron chi connectivity index (χ3n) is 2.44. The molecule has 0 saturated heterocycles. The molecular formula is C12H11FN2O. The van der Waals surface area contributed by atoms with Crippen LogP contribution in [-0.4, -0.2) is 4.57 Å². The van der Waals surface area contributed by atoms with Gasteiger partial charge in [0.25, 0.3) is 5.56 Å². The fourth-order valence-corrected chi connectivity index (χ4v) is 1.58. The average molecular weight is 218 g/mol. The van der Waals surface area contributed by atoms with E-state index in [0.29, 0.717) is 16.9 Å². The first kappa shape index (κ1) is 10.4. The Labute approximate surface area is 92.0 Å². The van der Waals surface area contributed by atoms with Crippen molar-refractivity contribution in [2.24, 2.45) is 7.05 Å². The van der Waals surface area contributed by atoms with Crippen LogP contribution in [0.25, 0.3) is 11.3 Å². The number of hydrogen-bond acceptors (Lipinski definition) is 2. The van der Waals surface area contributed by atoms with E-state index in [1.165, 1.54) is 16.7 Å². The number of anilines is 1. The van der Waals surface area contributed by atoms with Gasteiger partial charge in [-0.3, -0.25) is 4.79 Å². The molecule has 3 nitrogen and oxygen atoms in total. The van der Waals surface area contributed by atoms with Crippen LogP contribution in [-0.2, 0) is 7.05 Å². The van der Waals surface area contributed by atoms with Crippen LogP contribution in [0.3, 0.4) is 0 Å². The van der Waals surface area contributed by atoms with Gasteiger partial charge in [-0.05, 0) is 18.2 Å². The lowest BCUT2D eigenvalue weighted by atomic mass is 10.1. The van der Waals surface area contributed by atoms with Gasteiger partial charge in [0, 0.05) is 24.4 Å². The molecule has 4 heteroatoms. The Morgan fingerprint density at radius 3 is 2.62 bits per heavy atom. The smallest absolute Gasteiger partial charge is 0.252 e. The molecule has 0 spiro atoms. The zero-order valence-corrected chi connectivity index (χ0v) is 8.77. The summed E-state index contributed by atoms with van der Waals surface area (Å²) in [4.78, 5) is 11.5. The van der Waals surface area contributed by atoms with Crippen molar-refractivity contribution in [3.8, 4) is 11.3 Å². The molecule has 16 heavy (non-hydrogen) atoms. The Kier molecular flexibility index (Phi) is 2.48. The van der Waals surface area contributed by atoms with E-state index in [1.54, 1.807) is 31.3 Å². The summed E-state index contributed by atoms with van der Waals surface area (Å²) < 4.78 is 14.9. The van der Waals surface area contributed by atoms with Crippen LogP contribution in [0.1, 0.15) is 0 Å². The first-order valence-electron chi connectivity index (χ1n) is 4.81. The first-order valence-corrected chi connectivity index (χ1v) is 4.81. The van der Waals surface area contributed by atoms with Gasteiger partial charge in [0.05, 0.1) is 5.69 Å². The van der Waals surface area contributed by atoms with Crippen molar-refractivity contribution < 1.29 is 4.39 Å². The van der Waals surface area contributed by atoms with Crippen molar-refractivity contribution in [1.29, 1.82) is 0 Å². The number of nitrogen functional groups attached to an aromatic ring is 1. The lowest BCUT2D eigenvalue weighted by molar-refractivity contribution is 0.629. The van der Waals surface area contributed by atoms with Gasteiger partial charge in [0.1, 0.15) is 5.82 Å². The Balaban J connectivity index is 2.74. The van der Waals surface area contributed by atoms with Gasteiger partial charge < -0.3 is 10.3 Å². The fourth-order valence-electron chi connectivity index (χ4n) is 1.58. The Morgan fingerprint density at radius 2 is 1.94 bits per heavy atom. The van der Waals surface area contributed by atoms with Gasteiger partial charge in [-0.25, -0.2) is 4.39 Å². The topological polar surface area (TPSA) is 48.0 Å². The third-order valence-corrected chi connectivity index (χ3v) is 2.44. The summed E-state index contributed by atoms with van der Waals surface area (Å²) in [6, 6.07) is 9.17. The van der Waals surface area contributed by atoms with E-state index in [9.17, 15) is 9.18 Å². The van der Waals surface area contributed by atoms with Gasteiger partial charge in [-0.15, -0.1) is 0 Å². The predicted octanol–water partition coefficient (Wildman–Crippen LogP) is 1.77. The highest BCUT2D eigenvalue weighted by Crippen LogP contribution is 2.22. The number of nitrogens with two attached hydrogens (primary N) is 1. The van der Waals surface area contributed by atoms with E-state index in [-0.39, 0.29) is 11.4 Å². The summed E-state index contributed by atoms with van der Waals surface area (Å²) in [7, 11) is 1.59. The predicted molar refractivity (Wildman–Crippen MR) is 61.5 cm³/mol. The van der Waals surface area contributed by atoms with Crippen LogP contribution in [0.4, 0.5) is 10.1 Å². The highest BCUT2D eigenvalue weighted by Gasteiger charge is 2.08. The lowest BCUT2D eigenvalue weighted by Gasteiger charge is -2.09. The van der Waals surface area contributed by atoms with E-state index >= 15 is 0 Å². The molecule has 1 heterocycles. The SMILES string of the molecule is Cn1c(-c2ccccc2F)cc(N)cc1=O. The van der Waals surface area contributed by atoms with Crippen LogP contribution in [0.2, 0.25) is 0 Å². The molecule has 0 unspecified atom stereocenters. The zero-order chi connectivity index (χ0) is 11.7. The second-order valence-corrected chi connectivity index (χ2v) is 3.55. The summed E-state index contributed by atoms with van der Waals surface area (Å²) in [6.45, 7) is 0. The number of halogens is 1. The fraction of sp³-hybridized carbons (Fsp3) is 0.0833. The molecule has 0 radical (unpaired) electrons. The molecule has 0 fully saturated rings. The lowest BCUT2D eigenvalue weighted by Crippen LogP contribution is -2.18. The molecule has 0 aliphatic carbocycles. The number of benzene rings is 1. The molecule has 2 rings (SSSR count). The molecule has 0 amide bonds. The molecule has 1 aromatic heterocycles. The van der Waals surface area contributed by atoms with Crippen molar-refractivity contribution in [2.45, 2.75) is 0 Å². The van der Waals surface area contributed by atoms with Gasteiger partial charge in [0.15, 0.2) is 0 Å². The molecule has 0 aliphatic rings. The van der Waals surface area contributed by atoms with Crippen molar-refractivity contribution in [2.75, 3.05) is 5.73 Å². The minimum atomic E-state index is -0.372. The molecule has 82 valence electrons. The molecule has 1 aromatic carbocycles. The number of nitrogens with zero attached hydrogens (tertiary/aromatic N) is 1. The van der Waals surface area contributed by atoms with Crippen LogP contribution >= 0.6 is 0 Å². The first-order chi connectivity index (χ1) is 7.59. The summed E-state index contributed by atoms with van der Waals surface area (Å²) >= 11 is 0. The van der Waals surface area contributed by atoms with Gasteiger partial charge >= 0.3 is 0 Å². The molecule has 2 N–H and O–H groups in total.